The maximum atomic E-state index is 14.2. The summed E-state index contributed by atoms with van der Waals surface area (Å²) in [5, 5.41) is 29.0. The number of alkyl halides is 3. The molecule has 2 aromatic heterocycles. The van der Waals surface area contributed by atoms with E-state index in [1.807, 2.05) is 85.8 Å². The maximum absolute atomic E-state index is 14.2. The Morgan fingerprint density at radius 2 is 1.08 bits per heavy atom. The van der Waals surface area contributed by atoms with Crippen molar-refractivity contribution in [3.63, 3.8) is 0 Å². The molecule has 4 aliphatic carbocycles. The average Bonchev–Trinajstić information content (AvgIpc) is 4.16. The molecule has 16 heteroatoms. The maximum Gasteiger partial charge on any atom is 0.328 e. The number of hydrogen-bond donors (Lipinski definition) is 5. The number of aromatic amines is 2. The number of methoxy groups -OCH3 is 2. The molecule has 60 heavy (non-hydrogen) atoms. The minimum atomic E-state index is -1.61. The molecule has 4 fully saturated rings. The van der Waals surface area contributed by atoms with Crippen molar-refractivity contribution in [3.8, 4) is 11.5 Å². The third-order valence-corrected chi connectivity index (χ3v) is 13.7. The summed E-state index contributed by atoms with van der Waals surface area (Å²) >= 11 is 7.22. The molecular weight excluding hydrogens is 802 g/mol. The minimum absolute atomic E-state index is 0.0175. The number of fused-ring (bicyclic) bond motifs is 2. The fraction of sp³-hybridized carbons (Fsp3) is 0.409. The van der Waals surface area contributed by atoms with E-state index in [0.717, 1.165) is 45.2 Å². The van der Waals surface area contributed by atoms with Crippen LogP contribution < -0.4 is 32.0 Å². The minimum Gasteiger partial charge on any atom is -0.497 e. The predicted octanol–water partition coefficient (Wildman–Crippen LogP) is 4.23. The smallest absolute Gasteiger partial charge is 0.328 e. The van der Waals surface area contributed by atoms with Gasteiger partial charge in [-0.1, -0.05) is 61.5 Å². The van der Waals surface area contributed by atoms with Crippen molar-refractivity contribution in [2.24, 2.45) is 22.7 Å². The van der Waals surface area contributed by atoms with Gasteiger partial charge in [-0.15, -0.1) is 11.6 Å². The molecule has 318 valence electrons. The summed E-state index contributed by atoms with van der Waals surface area (Å²) in [6.45, 7) is 1.63. The predicted molar refractivity (Wildman–Crippen MR) is 219 cm³/mol. The van der Waals surface area contributed by atoms with E-state index in [-0.39, 0.29) is 23.9 Å². The van der Waals surface area contributed by atoms with Gasteiger partial charge in [0.2, 0.25) is 0 Å². The Bertz CT molecular complexity index is 2380. The van der Waals surface area contributed by atoms with Gasteiger partial charge < -0.3 is 24.8 Å². The molecule has 0 bridgehead atoms. The van der Waals surface area contributed by atoms with E-state index in [2.05, 4.69) is 9.97 Å². The van der Waals surface area contributed by atoms with Gasteiger partial charge in [-0.3, -0.25) is 28.7 Å². The standard InChI is InChI=1S/C21H19ClO2.C12H15FN2O3.C11H13FN2O4/c1-23-19-12-8-17(9-13-19)21(22,16-6-4-3-5-7-16)18-10-14-20(24-2)15-11-18;1-2-12-5-6(12)9(8(13)10(12)17)15-4-3-7(16)14-11(15)18;12-7-8(5-3-11(5,4-15)9(7)17)14-2-1-6(16)13-10(14)18/h3-15H,1-2H3;3-4,6,8-10,17H,2,5H2,1H3,(H,14,16,18);1-2,5,7-9,15,17H,3-4H2,(H,13,16,18)/t;6-,8+,9-,10+,12-;5-,7+,8-,9+,11+/m.11/s1. The molecule has 0 spiro atoms. The number of rotatable bonds is 9. The summed E-state index contributed by atoms with van der Waals surface area (Å²) in [5.74, 6) is 1.33. The lowest BCUT2D eigenvalue weighted by molar-refractivity contribution is 0.00891. The fourth-order valence-electron chi connectivity index (χ4n) is 9.47. The van der Waals surface area contributed by atoms with Gasteiger partial charge in [-0.2, -0.15) is 0 Å². The molecule has 3 aromatic carbocycles. The summed E-state index contributed by atoms with van der Waals surface area (Å²) in [6, 6.07) is 26.7. The molecule has 0 amide bonds. The summed E-state index contributed by atoms with van der Waals surface area (Å²) in [7, 11) is 3.31. The molecule has 0 aliphatic heterocycles. The first-order valence-corrected chi connectivity index (χ1v) is 20.0. The van der Waals surface area contributed by atoms with Crippen LogP contribution in [0.25, 0.3) is 0 Å². The lowest BCUT2D eigenvalue weighted by Gasteiger charge is -2.29. The highest BCUT2D eigenvalue weighted by molar-refractivity contribution is 6.28. The van der Waals surface area contributed by atoms with Crippen LogP contribution in [0.3, 0.4) is 0 Å². The zero-order chi connectivity index (χ0) is 43.1. The molecular formula is C44H47ClF2N4O9. The van der Waals surface area contributed by atoms with E-state index in [4.69, 9.17) is 21.1 Å². The Hall–Kier alpha value is -5.35. The molecule has 13 nitrogen and oxygen atoms in total. The summed E-state index contributed by atoms with van der Waals surface area (Å²) in [4.78, 5) is 48.7. The van der Waals surface area contributed by atoms with Gasteiger partial charge >= 0.3 is 11.4 Å². The molecule has 9 rings (SSSR count). The van der Waals surface area contributed by atoms with Crippen LogP contribution in [0.4, 0.5) is 8.78 Å². The van der Waals surface area contributed by atoms with Gasteiger partial charge in [-0.05, 0) is 72.1 Å². The van der Waals surface area contributed by atoms with Crippen molar-refractivity contribution in [1.29, 1.82) is 0 Å². The third kappa shape index (κ3) is 7.31. The highest BCUT2D eigenvalue weighted by atomic mass is 35.5. The third-order valence-electron chi connectivity index (χ3n) is 13.1. The van der Waals surface area contributed by atoms with Gasteiger partial charge in [0, 0.05) is 35.4 Å². The second-order valence-corrected chi connectivity index (χ2v) is 16.4. The molecule has 0 saturated heterocycles. The van der Waals surface area contributed by atoms with Crippen molar-refractivity contribution < 1.29 is 33.6 Å². The second kappa shape index (κ2) is 16.6. The van der Waals surface area contributed by atoms with E-state index >= 15 is 0 Å². The highest BCUT2D eigenvalue weighted by Gasteiger charge is 2.72. The van der Waals surface area contributed by atoms with Crippen molar-refractivity contribution in [1.82, 2.24) is 19.1 Å². The van der Waals surface area contributed by atoms with Crippen LogP contribution in [-0.2, 0) is 4.87 Å². The molecule has 5 aromatic rings. The Labute approximate surface area is 347 Å². The van der Waals surface area contributed by atoms with Crippen LogP contribution in [0.2, 0.25) is 0 Å². The zero-order valence-electron chi connectivity index (χ0n) is 33.1. The van der Waals surface area contributed by atoms with Crippen molar-refractivity contribution in [2.75, 3.05) is 20.8 Å². The van der Waals surface area contributed by atoms with Gasteiger partial charge in [0.05, 0.1) is 45.1 Å². The van der Waals surface area contributed by atoms with E-state index in [9.17, 15) is 43.3 Å². The van der Waals surface area contributed by atoms with Crippen LogP contribution >= 0.6 is 11.6 Å². The highest BCUT2D eigenvalue weighted by Crippen LogP contribution is 2.70. The van der Waals surface area contributed by atoms with E-state index in [1.165, 1.54) is 23.0 Å². The molecule has 5 N–H and O–H groups in total. The first-order valence-electron chi connectivity index (χ1n) is 19.6. The average molecular weight is 849 g/mol. The monoisotopic (exact) mass is 848 g/mol. The second-order valence-electron chi connectivity index (χ2n) is 15.9. The fourth-order valence-corrected chi connectivity index (χ4v) is 9.85. The normalized spacial score (nSPS) is 29.5. The van der Waals surface area contributed by atoms with Crippen LogP contribution in [0, 0.1) is 22.7 Å². The number of nitrogens with one attached hydrogen (secondary N) is 2. The van der Waals surface area contributed by atoms with Crippen molar-refractivity contribution in [3.05, 3.63) is 162 Å². The van der Waals surface area contributed by atoms with E-state index in [1.54, 1.807) is 14.2 Å². The molecule has 4 saturated carbocycles. The molecule has 10 atom stereocenters. The number of H-pyrrole nitrogens is 2. The van der Waals surface area contributed by atoms with Gasteiger partial charge in [-0.25, -0.2) is 18.4 Å². The molecule has 2 heterocycles. The van der Waals surface area contributed by atoms with Crippen LogP contribution in [0.1, 0.15) is 55.0 Å². The summed E-state index contributed by atoms with van der Waals surface area (Å²) < 4.78 is 41.0. The summed E-state index contributed by atoms with van der Waals surface area (Å²) in [5.41, 5.74) is -0.551. The molecule has 0 radical (unpaired) electrons. The lowest BCUT2D eigenvalue weighted by atomic mass is 9.84. The van der Waals surface area contributed by atoms with Crippen LogP contribution in [-0.4, -0.2) is 79.8 Å². The molecule has 0 unspecified atom stereocenters. The number of ether oxygens (including phenoxy) is 2. The van der Waals surface area contributed by atoms with Crippen LogP contribution in [0.5, 0.6) is 11.5 Å². The first-order chi connectivity index (χ1) is 28.7. The van der Waals surface area contributed by atoms with Crippen LogP contribution in [0.15, 0.2) is 123 Å². The molecule has 4 aliphatic rings. The number of aromatic nitrogens is 4. The Balaban J connectivity index is 0.000000138. The SMILES string of the molecule is CC[C@@]12C[C@@H]1[C@@H](n1ccc(=O)[nH]c1=O)[C@H](F)[C@@H]2O.COc1ccc(C(Cl)(c2ccccc2)c2ccc(OC)cc2)cc1.O=c1ccn([C@H]2[C@H](F)[C@H](O)[C@]3(CO)C[C@H]23)c(=O)[nH]1. The van der Waals surface area contributed by atoms with Gasteiger partial charge in [0.15, 0.2) is 0 Å². The van der Waals surface area contributed by atoms with Crippen molar-refractivity contribution in [2.45, 2.75) is 67.7 Å². The largest absolute Gasteiger partial charge is 0.497 e. The van der Waals surface area contributed by atoms with E-state index < -0.39 is 69.4 Å². The number of hydrogen-bond acceptors (Lipinski definition) is 9. The Morgan fingerprint density at radius 3 is 1.45 bits per heavy atom. The summed E-state index contributed by atoms with van der Waals surface area (Å²) in [6.07, 6.45) is -0.873. The van der Waals surface area contributed by atoms with Gasteiger partial charge in [0.25, 0.3) is 11.1 Å². The topological polar surface area (TPSA) is 189 Å². The number of benzene rings is 3. The lowest BCUT2D eigenvalue weighted by Crippen LogP contribution is -2.38. The number of nitrogens with zero attached hydrogens (tertiary/aromatic N) is 2. The Kier molecular flexibility index (Phi) is 11.8. The van der Waals surface area contributed by atoms with E-state index in [0.29, 0.717) is 12.8 Å². The quantitative estimate of drug-likeness (QED) is 0.107. The zero-order valence-corrected chi connectivity index (χ0v) is 33.8. The van der Waals surface area contributed by atoms with Crippen molar-refractivity contribution >= 4 is 11.6 Å². The van der Waals surface area contributed by atoms with Gasteiger partial charge in [0.1, 0.15) is 28.7 Å². The number of halogens is 3. The number of aliphatic hydroxyl groups is 3. The Morgan fingerprint density at radius 1 is 0.683 bits per heavy atom. The number of aliphatic hydroxyl groups excluding tert-OH is 3. The first kappa shape index (κ1) is 42.8.